The van der Waals surface area contributed by atoms with Gasteiger partial charge in [-0.25, -0.2) is 4.39 Å². The molecule has 1 N–H and O–H groups in total. The molecule has 1 aromatic carbocycles. The van der Waals surface area contributed by atoms with E-state index >= 15 is 0 Å². The van der Waals surface area contributed by atoms with E-state index in [1.165, 1.54) is 12.1 Å². The van der Waals surface area contributed by atoms with Gasteiger partial charge in [-0.15, -0.1) is 0 Å². The van der Waals surface area contributed by atoms with Crippen LogP contribution in [0.3, 0.4) is 0 Å². The van der Waals surface area contributed by atoms with Crippen molar-refractivity contribution < 1.29 is 9.13 Å². The van der Waals surface area contributed by atoms with E-state index in [-0.39, 0.29) is 11.9 Å². The van der Waals surface area contributed by atoms with Gasteiger partial charge in [0.25, 0.3) is 0 Å². The van der Waals surface area contributed by atoms with Crippen LogP contribution in [-0.4, -0.2) is 19.8 Å². The molecule has 1 atom stereocenters. The molecule has 4 heteroatoms. The Morgan fingerprint density at radius 1 is 1.50 bits per heavy atom. The number of halogens is 2. The van der Waals surface area contributed by atoms with E-state index in [0.29, 0.717) is 6.61 Å². The number of rotatable bonds is 1. The zero-order chi connectivity index (χ0) is 9.97. The number of morpholine rings is 1. The van der Waals surface area contributed by atoms with Crippen molar-refractivity contribution in [3.05, 3.63) is 34.1 Å². The van der Waals surface area contributed by atoms with Crippen LogP contribution in [0.1, 0.15) is 11.6 Å². The minimum atomic E-state index is -0.212. The topological polar surface area (TPSA) is 21.3 Å². The zero-order valence-corrected chi connectivity index (χ0v) is 9.18. The smallest absolute Gasteiger partial charge is 0.123 e. The Bertz CT molecular complexity index is 326. The molecule has 0 aromatic heterocycles. The van der Waals surface area contributed by atoms with Gasteiger partial charge in [-0.2, -0.15) is 0 Å². The molecule has 1 fully saturated rings. The SMILES string of the molecule is Fc1ccc(Br)c([C@@H]2COCCN2)c1. The summed E-state index contributed by atoms with van der Waals surface area (Å²) in [6, 6.07) is 4.79. The van der Waals surface area contributed by atoms with Crippen molar-refractivity contribution in [2.45, 2.75) is 6.04 Å². The second-order valence-electron chi connectivity index (χ2n) is 3.25. The molecule has 1 aromatic rings. The molecule has 0 spiro atoms. The number of benzene rings is 1. The van der Waals surface area contributed by atoms with E-state index in [0.717, 1.165) is 23.2 Å². The maximum atomic E-state index is 13.0. The monoisotopic (exact) mass is 259 g/mol. The third-order valence-corrected chi connectivity index (χ3v) is 2.98. The lowest BCUT2D eigenvalue weighted by atomic mass is 10.1. The fraction of sp³-hybridized carbons (Fsp3) is 0.400. The fourth-order valence-electron chi connectivity index (χ4n) is 1.55. The molecule has 0 aliphatic carbocycles. The summed E-state index contributed by atoms with van der Waals surface area (Å²) in [4.78, 5) is 0. The summed E-state index contributed by atoms with van der Waals surface area (Å²) in [5.41, 5.74) is 0.921. The van der Waals surface area contributed by atoms with Crippen molar-refractivity contribution >= 4 is 15.9 Å². The van der Waals surface area contributed by atoms with Crippen LogP contribution in [0.15, 0.2) is 22.7 Å². The van der Waals surface area contributed by atoms with Crippen LogP contribution in [0, 0.1) is 5.82 Å². The van der Waals surface area contributed by atoms with Crippen LogP contribution in [0.2, 0.25) is 0 Å². The first-order valence-corrected chi connectivity index (χ1v) is 5.33. The quantitative estimate of drug-likeness (QED) is 0.836. The molecule has 1 aliphatic rings. The molecule has 0 radical (unpaired) electrons. The molecule has 1 saturated heterocycles. The molecule has 14 heavy (non-hydrogen) atoms. The van der Waals surface area contributed by atoms with Crippen LogP contribution in [0.5, 0.6) is 0 Å². The van der Waals surface area contributed by atoms with Gasteiger partial charge < -0.3 is 10.1 Å². The van der Waals surface area contributed by atoms with Gasteiger partial charge in [0.1, 0.15) is 5.82 Å². The van der Waals surface area contributed by atoms with Crippen LogP contribution in [0.4, 0.5) is 4.39 Å². The summed E-state index contributed by atoms with van der Waals surface area (Å²) in [6.45, 7) is 2.14. The first-order chi connectivity index (χ1) is 6.77. The Hall–Kier alpha value is -0.450. The maximum Gasteiger partial charge on any atom is 0.123 e. The molecular weight excluding hydrogens is 249 g/mol. The van der Waals surface area contributed by atoms with Crippen LogP contribution >= 0.6 is 15.9 Å². The first-order valence-electron chi connectivity index (χ1n) is 4.53. The molecular formula is C10H11BrFNO. The van der Waals surface area contributed by atoms with Gasteiger partial charge >= 0.3 is 0 Å². The number of hydrogen-bond acceptors (Lipinski definition) is 2. The molecule has 0 amide bonds. The van der Waals surface area contributed by atoms with E-state index in [9.17, 15) is 4.39 Å². The van der Waals surface area contributed by atoms with Crippen molar-refractivity contribution in [3.63, 3.8) is 0 Å². The normalized spacial score (nSPS) is 22.3. The van der Waals surface area contributed by atoms with Crippen LogP contribution in [0.25, 0.3) is 0 Å². The molecule has 1 heterocycles. The van der Waals surface area contributed by atoms with Crippen molar-refractivity contribution in [2.75, 3.05) is 19.8 Å². The van der Waals surface area contributed by atoms with Crippen molar-refractivity contribution in [3.8, 4) is 0 Å². The molecule has 0 bridgehead atoms. The highest BCUT2D eigenvalue weighted by Gasteiger charge is 2.17. The highest BCUT2D eigenvalue weighted by atomic mass is 79.9. The summed E-state index contributed by atoms with van der Waals surface area (Å²) < 4.78 is 19.3. The van der Waals surface area contributed by atoms with Crippen molar-refractivity contribution in [1.29, 1.82) is 0 Å². The third kappa shape index (κ3) is 2.13. The molecule has 76 valence electrons. The zero-order valence-electron chi connectivity index (χ0n) is 7.59. The molecule has 1 aliphatic heterocycles. The maximum absolute atomic E-state index is 13.0. The molecule has 0 saturated carbocycles. The first kappa shape index (κ1) is 10.1. The standard InChI is InChI=1S/C10H11BrFNO/c11-9-2-1-7(12)5-8(9)10-6-14-4-3-13-10/h1-2,5,10,13H,3-4,6H2/t10-/m0/s1. The van der Waals surface area contributed by atoms with Crippen molar-refractivity contribution in [1.82, 2.24) is 5.32 Å². The van der Waals surface area contributed by atoms with Crippen LogP contribution < -0.4 is 5.32 Å². The van der Waals surface area contributed by atoms with Gasteiger partial charge in [-0.1, -0.05) is 15.9 Å². The van der Waals surface area contributed by atoms with Crippen molar-refractivity contribution in [2.24, 2.45) is 0 Å². The van der Waals surface area contributed by atoms with Gasteiger partial charge in [-0.3, -0.25) is 0 Å². The summed E-state index contributed by atoms with van der Waals surface area (Å²) in [6.07, 6.45) is 0. The molecule has 0 unspecified atom stereocenters. The number of ether oxygens (including phenoxy) is 1. The summed E-state index contributed by atoms with van der Waals surface area (Å²) in [5, 5.41) is 3.28. The Balaban J connectivity index is 2.24. The lowest BCUT2D eigenvalue weighted by Gasteiger charge is -2.25. The Morgan fingerprint density at radius 2 is 2.36 bits per heavy atom. The number of hydrogen-bond donors (Lipinski definition) is 1. The average molecular weight is 260 g/mol. The highest BCUT2D eigenvalue weighted by Crippen LogP contribution is 2.25. The lowest BCUT2D eigenvalue weighted by molar-refractivity contribution is 0.0766. The molecule has 2 rings (SSSR count). The summed E-state index contributed by atoms with van der Waals surface area (Å²) in [7, 11) is 0. The molecule has 2 nitrogen and oxygen atoms in total. The predicted octanol–water partition coefficient (Wildman–Crippen LogP) is 2.25. The minimum absolute atomic E-state index is 0.0915. The van der Waals surface area contributed by atoms with Crippen LogP contribution in [-0.2, 0) is 4.74 Å². The van der Waals surface area contributed by atoms with E-state index in [4.69, 9.17) is 4.74 Å². The number of nitrogens with one attached hydrogen (secondary N) is 1. The third-order valence-electron chi connectivity index (χ3n) is 2.26. The van der Waals surface area contributed by atoms with Gasteiger partial charge in [0.05, 0.1) is 19.3 Å². The van der Waals surface area contributed by atoms with E-state index in [1.807, 2.05) is 0 Å². The van der Waals surface area contributed by atoms with Gasteiger partial charge in [0.15, 0.2) is 0 Å². The van der Waals surface area contributed by atoms with E-state index < -0.39 is 0 Å². The Labute approximate surface area is 90.6 Å². The Morgan fingerprint density at radius 3 is 3.07 bits per heavy atom. The van der Waals surface area contributed by atoms with E-state index in [1.54, 1.807) is 6.07 Å². The summed E-state index contributed by atoms with van der Waals surface area (Å²) in [5.74, 6) is -0.212. The van der Waals surface area contributed by atoms with E-state index in [2.05, 4.69) is 21.2 Å². The fourth-order valence-corrected chi connectivity index (χ4v) is 2.07. The second kappa shape index (κ2) is 4.38. The predicted molar refractivity (Wildman–Crippen MR) is 55.7 cm³/mol. The van der Waals surface area contributed by atoms with Gasteiger partial charge in [-0.05, 0) is 23.8 Å². The highest BCUT2D eigenvalue weighted by molar-refractivity contribution is 9.10. The van der Waals surface area contributed by atoms with Gasteiger partial charge in [0, 0.05) is 11.0 Å². The summed E-state index contributed by atoms with van der Waals surface area (Å²) >= 11 is 3.40. The second-order valence-corrected chi connectivity index (χ2v) is 4.10. The largest absolute Gasteiger partial charge is 0.378 e. The lowest BCUT2D eigenvalue weighted by Crippen LogP contribution is -2.34. The van der Waals surface area contributed by atoms with Gasteiger partial charge in [0.2, 0.25) is 0 Å². The average Bonchev–Trinajstić information content (AvgIpc) is 2.23. The Kier molecular flexibility index (Phi) is 3.15. The minimum Gasteiger partial charge on any atom is -0.378 e.